The van der Waals surface area contributed by atoms with Gasteiger partial charge in [0.25, 0.3) is 0 Å². The van der Waals surface area contributed by atoms with Crippen LogP contribution in [0, 0.1) is 10.8 Å². The van der Waals surface area contributed by atoms with Crippen molar-refractivity contribution >= 4 is 10.0 Å². The molecule has 3 rings (SSSR count). The lowest BCUT2D eigenvalue weighted by Crippen LogP contribution is -2.37. The van der Waals surface area contributed by atoms with Crippen LogP contribution >= 0.6 is 0 Å². The number of sulfonamides is 1. The van der Waals surface area contributed by atoms with Gasteiger partial charge in [-0.05, 0) is 61.6 Å². The van der Waals surface area contributed by atoms with E-state index in [9.17, 15) is 8.42 Å². The van der Waals surface area contributed by atoms with Gasteiger partial charge < -0.3 is 4.74 Å². The molecule has 2 bridgehead atoms. The topological polar surface area (TPSA) is 46.6 Å². The van der Waals surface area contributed by atoms with Crippen molar-refractivity contribution in [3.05, 3.63) is 29.8 Å². The fraction of sp³-hybridized carbons (Fsp3) is 0.700. The molecule has 0 N–H and O–H groups in total. The van der Waals surface area contributed by atoms with Crippen LogP contribution in [-0.2, 0) is 14.8 Å². The zero-order chi connectivity index (χ0) is 18.5. The molecule has 5 heteroatoms. The SMILES string of the molecule is CCOC(C)c1ccc(S(=O)(=O)N2CC3(C)CC2CC(C)(C)C3)cc1. The second-order valence-corrected chi connectivity index (χ2v) is 10.8. The molecule has 1 aliphatic carbocycles. The van der Waals surface area contributed by atoms with E-state index in [1.54, 1.807) is 16.4 Å². The highest BCUT2D eigenvalue weighted by molar-refractivity contribution is 7.89. The third-order valence-corrected chi connectivity index (χ3v) is 7.65. The first-order valence-corrected chi connectivity index (χ1v) is 10.7. The molecule has 0 aromatic heterocycles. The molecule has 0 radical (unpaired) electrons. The summed E-state index contributed by atoms with van der Waals surface area (Å²) in [5.41, 5.74) is 1.32. The number of benzene rings is 1. The van der Waals surface area contributed by atoms with Crippen molar-refractivity contribution in [2.75, 3.05) is 13.2 Å². The molecule has 0 spiro atoms. The van der Waals surface area contributed by atoms with Gasteiger partial charge in [-0.2, -0.15) is 4.31 Å². The van der Waals surface area contributed by atoms with E-state index in [2.05, 4.69) is 20.8 Å². The van der Waals surface area contributed by atoms with Gasteiger partial charge in [-0.15, -0.1) is 0 Å². The Balaban J connectivity index is 1.85. The predicted octanol–water partition coefficient (Wildman–Crippen LogP) is 4.37. The Labute approximate surface area is 152 Å². The summed E-state index contributed by atoms with van der Waals surface area (Å²) < 4.78 is 33.8. The van der Waals surface area contributed by atoms with Crippen molar-refractivity contribution in [1.82, 2.24) is 4.31 Å². The van der Waals surface area contributed by atoms with Crippen molar-refractivity contribution in [3.63, 3.8) is 0 Å². The monoisotopic (exact) mass is 365 g/mol. The van der Waals surface area contributed by atoms with Crippen LogP contribution in [0.4, 0.5) is 0 Å². The summed E-state index contributed by atoms with van der Waals surface area (Å²) >= 11 is 0. The van der Waals surface area contributed by atoms with Crippen LogP contribution in [-0.4, -0.2) is 31.9 Å². The first kappa shape index (κ1) is 18.9. The number of hydrogen-bond acceptors (Lipinski definition) is 3. The predicted molar refractivity (Wildman–Crippen MR) is 99.9 cm³/mol. The molecule has 25 heavy (non-hydrogen) atoms. The van der Waals surface area contributed by atoms with Crippen LogP contribution in [0.1, 0.15) is 65.5 Å². The number of fused-ring (bicyclic) bond motifs is 2. The average Bonchev–Trinajstić information content (AvgIpc) is 2.77. The van der Waals surface area contributed by atoms with Crippen LogP contribution in [0.15, 0.2) is 29.2 Å². The third-order valence-electron chi connectivity index (χ3n) is 5.74. The van der Waals surface area contributed by atoms with Gasteiger partial charge in [0.1, 0.15) is 0 Å². The Hall–Kier alpha value is -0.910. The molecule has 1 saturated carbocycles. The lowest BCUT2D eigenvalue weighted by molar-refractivity contribution is 0.0763. The van der Waals surface area contributed by atoms with Crippen LogP contribution in [0.25, 0.3) is 0 Å². The molecule has 1 aliphatic heterocycles. The van der Waals surface area contributed by atoms with Gasteiger partial charge >= 0.3 is 0 Å². The molecule has 1 aromatic carbocycles. The zero-order valence-electron chi connectivity index (χ0n) is 16.1. The summed E-state index contributed by atoms with van der Waals surface area (Å²) in [5, 5.41) is 0. The van der Waals surface area contributed by atoms with Crippen molar-refractivity contribution in [1.29, 1.82) is 0 Å². The second-order valence-electron chi connectivity index (χ2n) is 8.93. The van der Waals surface area contributed by atoms with Gasteiger partial charge in [0.05, 0.1) is 11.0 Å². The number of rotatable bonds is 5. The maximum atomic E-state index is 13.2. The highest BCUT2D eigenvalue weighted by atomic mass is 32.2. The lowest BCUT2D eigenvalue weighted by Gasteiger charge is -2.39. The van der Waals surface area contributed by atoms with Crippen molar-refractivity contribution in [3.8, 4) is 0 Å². The number of hydrogen-bond donors (Lipinski definition) is 0. The first-order chi connectivity index (χ1) is 11.6. The maximum Gasteiger partial charge on any atom is 0.243 e. The Bertz CT molecular complexity index is 726. The van der Waals surface area contributed by atoms with Crippen LogP contribution in [0.5, 0.6) is 0 Å². The molecule has 2 fully saturated rings. The summed E-state index contributed by atoms with van der Waals surface area (Å²) in [7, 11) is -3.44. The molecular formula is C20H31NO3S. The Kier molecular flexibility index (Phi) is 4.80. The smallest absolute Gasteiger partial charge is 0.243 e. The highest BCUT2D eigenvalue weighted by Crippen LogP contribution is 2.53. The van der Waals surface area contributed by atoms with Crippen LogP contribution in [0.2, 0.25) is 0 Å². The molecule has 3 unspecified atom stereocenters. The summed E-state index contributed by atoms with van der Waals surface area (Å²) in [4.78, 5) is 0.397. The fourth-order valence-electron chi connectivity index (χ4n) is 5.08. The Morgan fingerprint density at radius 2 is 1.84 bits per heavy atom. The van der Waals surface area contributed by atoms with Crippen molar-refractivity contribution in [2.24, 2.45) is 10.8 Å². The van der Waals surface area contributed by atoms with E-state index in [0.29, 0.717) is 18.0 Å². The van der Waals surface area contributed by atoms with Crippen LogP contribution < -0.4 is 0 Å². The molecule has 4 nitrogen and oxygen atoms in total. The van der Waals surface area contributed by atoms with E-state index in [-0.39, 0.29) is 23.0 Å². The minimum atomic E-state index is -3.44. The van der Waals surface area contributed by atoms with Gasteiger partial charge in [0, 0.05) is 19.2 Å². The standard InChI is InChI=1S/C20H31NO3S/c1-6-24-15(2)16-7-9-18(10-8-16)25(22,23)21-14-20(5)12-17(21)11-19(3,4)13-20/h7-10,15,17H,6,11-14H2,1-5H3. The van der Waals surface area contributed by atoms with Gasteiger partial charge in [0.2, 0.25) is 10.0 Å². The van der Waals surface area contributed by atoms with Gasteiger partial charge in [-0.3, -0.25) is 0 Å². The normalized spacial score (nSPS) is 30.4. The van der Waals surface area contributed by atoms with E-state index in [1.165, 1.54) is 0 Å². The molecule has 2 aliphatic rings. The van der Waals surface area contributed by atoms with Crippen LogP contribution in [0.3, 0.4) is 0 Å². The quantitative estimate of drug-likeness (QED) is 0.778. The molecule has 1 aromatic rings. The fourth-order valence-corrected chi connectivity index (χ4v) is 6.86. The highest BCUT2D eigenvalue weighted by Gasteiger charge is 2.53. The largest absolute Gasteiger partial charge is 0.374 e. The van der Waals surface area contributed by atoms with E-state index < -0.39 is 10.0 Å². The Morgan fingerprint density at radius 3 is 2.44 bits per heavy atom. The summed E-state index contributed by atoms with van der Waals surface area (Å²) in [6.07, 6.45) is 3.00. The molecular weight excluding hydrogens is 334 g/mol. The number of ether oxygens (including phenoxy) is 1. The summed E-state index contributed by atoms with van der Waals surface area (Å²) in [6.45, 7) is 12.0. The van der Waals surface area contributed by atoms with Gasteiger partial charge in [-0.1, -0.05) is 32.9 Å². The third kappa shape index (κ3) is 3.64. The Morgan fingerprint density at radius 1 is 1.20 bits per heavy atom. The van der Waals surface area contributed by atoms with Gasteiger partial charge in [-0.25, -0.2) is 8.42 Å². The minimum absolute atomic E-state index is 0.0209. The maximum absolute atomic E-state index is 13.2. The molecule has 0 amide bonds. The zero-order valence-corrected chi connectivity index (χ0v) is 16.9. The van der Waals surface area contributed by atoms with E-state index >= 15 is 0 Å². The van der Waals surface area contributed by atoms with E-state index in [1.807, 2.05) is 26.0 Å². The first-order valence-electron chi connectivity index (χ1n) is 9.30. The molecule has 140 valence electrons. The van der Waals surface area contributed by atoms with Crippen molar-refractivity contribution in [2.45, 2.75) is 70.9 Å². The minimum Gasteiger partial charge on any atom is -0.374 e. The number of nitrogens with zero attached hydrogens (tertiary/aromatic N) is 1. The van der Waals surface area contributed by atoms with Gasteiger partial charge in [0.15, 0.2) is 0 Å². The summed E-state index contributed by atoms with van der Waals surface area (Å²) in [6, 6.07) is 7.34. The molecule has 3 atom stereocenters. The molecule has 1 heterocycles. The summed E-state index contributed by atoms with van der Waals surface area (Å²) in [5.74, 6) is 0. The van der Waals surface area contributed by atoms with E-state index in [4.69, 9.17) is 4.74 Å². The lowest BCUT2D eigenvalue weighted by atomic mass is 9.65. The molecule has 1 saturated heterocycles. The van der Waals surface area contributed by atoms with E-state index in [0.717, 1.165) is 24.8 Å². The average molecular weight is 366 g/mol. The van der Waals surface area contributed by atoms with Crippen molar-refractivity contribution < 1.29 is 13.2 Å². The second kappa shape index (κ2) is 6.36.